The second kappa shape index (κ2) is 6.40. The summed E-state index contributed by atoms with van der Waals surface area (Å²) in [5.74, 6) is -2.47. The van der Waals surface area contributed by atoms with Gasteiger partial charge in [-0.25, -0.2) is 9.19 Å². The third-order valence-electron chi connectivity index (χ3n) is 4.00. The van der Waals surface area contributed by atoms with E-state index >= 15 is 0 Å². The van der Waals surface area contributed by atoms with Crippen LogP contribution in [0.2, 0.25) is 0 Å². The van der Waals surface area contributed by atoms with Crippen molar-refractivity contribution in [3.63, 3.8) is 0 Å². The molecule has 0 radical (unpaired) electrons. The molecule has 1 amide bonds. The van der Waals surface area contributed by atoms with Crippen molar-refractivity contribution in [2.75, 3.05) is 6.26 Å². The van der Waals surface area contributed by atoms with Crippen LogP contribution >= 0.6 is 0 Å². The van der Waals surface area contributed by atoms with Crippen LogP contribution in [-0.2, 0) is 15.9 Å². The van der Waals surface area contributed by atoms with Crippen LogP contribution in [0, 0.1) is 0 Å². The Hall–Kier alpha value is -2.76. The SMILES string of the molecule is CC(C)(C)S(C)(=O)=NC(=O)c1cn2ccc(-c3noc(C(F)(F)F)n3)cc2n1. The number of hydrogen-bond acceptors (Lipinski definition) is 6. The van der Waals surface area contributed by atoms with Crippen LogP contribution in [0.4, 0.5) is 13.2 Å². The van der Waals surface area contributed by atoms with Gasteiger partial charge in [0.05, 0.1) is 9.73 Å². The van der Waals surface area contributed by atoms with Crippen LogP contribution < -0.4 is 0 Å². The van der Waals surface area contributed by atoms with Crippen molar-refractivity contribution in [2.45, 2.75) is 31.7 Å². The molecule has 0 fully saturated rings. The molecule has 0 bridgehead atoms. The highest BCUT2D eigenvalue weighted by Crippen LogP contribution is 2.29. The predicted molar refractivity (Wildman–Crippen MR) is 94.1 cm³/mol. The van der Waals surface area contributed by atoms with Crippen molar-refractivity contribution < 1.29 is 26.7 Å². The van der Waals surface area contributed by atoms with Gasteiger partial charge in [0.1, 0.15) is 11.3 Å². The first-order valence-corrected chi connectivity index (χ1v) is 9.86. The summed E-state index contributed by atoms with van der Waals surface area (Å²) < 4.78 is 59.2. The summed E-state index contributed by atoms with van der Waals surface area (Å²) in [6.45, 7) is 5.13. The second-order valence-electron chi connectivity index (χ2n) is 7.04. The molecule has 0 saturated heterocycles. The topological polar surface area (TPSA) is 103 Å². The molecule has 1 atom stereocenters. The minimum absolute atomic E-state index is 0.0416. The average molecular weight is 415 g/mol. The van der Waals surface area contributed by atoms with E-state index in [0.29, 0.717) is 0 Å². The molecule has 3 aromatic heterocycles. The number of pyridine rings is 1. The Labute approximate surface area is 158 Å². The Morgan fingerprint density at radius 3 is 2.50 bits per heavy atom. The smallest absolute Gasteiger partial charge is 0.329 e. The third-order valence-corrected chi connectivity index (χ3v) is 6.79. The van der Waals surface area contributed by atoms with Gasteiger partial charge in [-0.1, -0.05) is 5.16 Å². The lowest BCUT2D eigenvalue weighted by molar-refractivity contribution is -0.159. The fourth-order valence-electron chi connectivity index (χ4n) is 2.02. The van der Waals surface area contributed by atoms with Gasteiger partial charge in [0.25, 0.3) is 0 Å². The number of hydrogen-bond donors (Lipinski definition) is 0. The van der Waals surface area contributed by atoms with Gasteiger partial charge < -0.3 is 8.92 Å². The normalized spacial score (nSPS) is 14.8. The minimum Gasteiger partial charge on any atom is -0.329 e. The fraction of sp³-hybridized carbons (Fsp3) is 0.375. The molecule has 3 aromatic rings. The molecule has 1 unspecified atom stereocenters. The minimum atomic E-state index is -4.75. The summed E-state index contributed by atoms with van der Waals surface area (Å²) in [5.41, 5.74) is 0.440. The van der Waals surface area contributed by atoms with Crippen LogP contribution in [0.25, 0.3) is 17.0 Å². The molecule has 0 spiro atoms. The maximum absolute atomic E-state index is 12.6. The van der Waals surface area contributed by atoms with Crippen LogP contribution in [0.3, 0.4) is 0 Å². The molecule has 0 aliphatic heterocycles. The van der Waals surface area contributed by atoms with E-state index in [0.717, 1.165) is 0 Å². The van der Waals surface area contributed by atoms with E-state index in [1.165, 1.54) is 35.2 Å². The first-order chi connectivity index (χ1) is 12.8. The van der Waals surface area contributed by atoms with E-state index in [-0.39, 0.29) is 22.7 Å². The second-order valence-corrected chi connectivity index (χ2v) is 10.1. The molecule has 0 aliphatic carbocycles. The number of carbonyl (C=O) groups excluding carboxylic acids is 1. The Bertz CT molecular complexity index is 1180. The molecule has 0 aromatic carbocycles. The Kier molecular flexibility index (Phi) is 4.57. The summed E-state index contributed by atoms with van der Waals surface area (Å²) in [7, 11) is -2.81. The number of rotatable bonds is 2. The van der Waals surface area contributed by atoms with Crippen LogP contribution in [-0.4, -0.2) is 40.6 Å². The number of nitrogens with zero attached hydrogens (tertiary/aromatic N) is 5. The van der Waals surface area contributed by atoms with Gasteiger partial charge in [0, 0.05) is 29.0 Å². The van der Waals surface area contributed by atoms with E-state index in [4.69, 9.17) is 0 Å². The number of imidazole rings is 1. The maximum atomic E-state index is 12.6. The van der Waals surface area contributed by atoms with Crippen molar-refractivity contribution >= 4 is 21.3 Å². The van der Waals surface area contributed by atoms with Gasteiger partial charge in [-0.2, -0.15) is 22.5 Å². The summed E-state index contributed by atoms with van der Waals surface area (Å²) in [5, 5.41) is 3.31. The lowest BCUT2D eigenvalue weighted by Gasteiger charge is -2.19. The molecule has 0 aliphatic rings. The van der Waals surface area contributed by atoms with Crippen molar-refractivity contribution in [3.05, 3.63) is 36.1 Å². The number of fused-ring (bicyclic) bond motifs is 1. The predicted octanol–water partition coefficient (Wildman–Crippen LogP) is 3.44. The molecule has 3 heterocycles. The molecular formula is C16H16F3N5O3S. The van der Waals surface area contributed by atoms with Crippen LogP contribution in [0.1, 0.15) is 37.2 Å². The summed E-state index contributed by atoms with van der Waals surface area (Å²) in [4.78, 5) is 19.8. The average Bonchev–Trinajstić information content (AvgIpc) is 3.19. The van der Waals surface area contributed by atoms with Gasteiger partial charge >= 0.3 is 18.0 Å². The summed E-state index contributed by atoms with van der Waals surface area (Å²) in [6, 6.07) is 2.85. The highest BCUT2D eigenvalue weighted by Gasteiger charge is 2.38. The first-order valence-electron chi connectivity index (χ1n) is 7.94. The highest BCUT2D eigenvalue weighted by molar-refractivity contribution is 7.94. The monoisotopic (exact) mass is 415 g/mol. The number of aromatic nitrogens is 4. The summed E-state index contributed by atoms with van der Waals surface area (Å²) >= 11 is 0. The van der Waals surface area contributed by atoms with Crippen molar-refractivity contribution in [2.24, 2.45) is 4.36 Å². The van der Waals surface area contributed by atoms with Gasteiger partial charge in [-0.3, -0.25) is 4.79 Å². The fourth-order valence-corrected chi connectivity index (χ4v) is 2.71. The molecule has 150 valence electrons. The molecule has 0 N–H and O–H groups in total. The zero-order valence-corrected chi connectivity index (χ0v) is 16.1. The van der Waals surface area contributed by atoms with Gasteiger partial charge in [-0.05, 0) is 32.9 Å². The number of halogens is 3. The van der Waals surface area contributed by atoms with Crippen LogP contribution in [0.15, 0.2) is 33.4 Å². The van der Waals surface area contributed by atoms with Crippen LogP contribution in [0.5, 0.6) is 0 Å². The number of amides is 1. The summed E-state index contributed by atoms with van der Waals surface area (Å²) in [6.07, 6.45) is -0.483. The quantitative estimate of drug-likeness (QED) is 0.635. The zero-order valence-electron chi connectivity index (χ0n) is 15.3. The lowest BCUT2D eigenvalue weighted by atomic mass is 10.2. The Morgan fingerprint density at radius 2 is 1.93 bits per heavy atom. The molecule has 12 heteroatoms. The molecule has 28 heavy (non-hydrogen) atoms. The molecule has 3 rings (SSSR count). The maximum Gasteiger partial charge on any atom is 0.471 e. The Morgan fingerprint density at radius 1 is 1.25 bits per heavy atom. The zero-order chi connectivity index (χ0) is 20.9. The van der Waals surface area contributed by atoms with E-state index in [1.54, 1.807) is 20.8 Å². The largest absolute Gasteiger partial charge is 0.471 e. The highest BCUT2D eigenvalue weighted by atomic mass is 32.2. The molecular weight excluding hydrogens is 399 g/mol. The lowest BCUT2D eigenvalue weighted by Crippen LogP contribution is -2.27. The Balaban J connectivity index is 1.98. The first kappa shape index (κ1) is 20.0. The number of alkyl halides is 3. The van der Waals surface area contributed by atoms with Gasteiger partial charge in [0.15, 0.2) is 0 Å². The van der Waals surface area contributed by atoms with E-state index in [2.05, 4.69) is 24.0 Å². The molecule has 8 nitrogen and oxygen atoms in total. The van der Waals surface area contributed by atoms with Crippen molar-refractivity contribution in [1.29, 1.82) is 0 Å². The molecule has 0 saturated carbocycles. The van der Waals surface area contributed by atoms with Gasteiger partial charge in [-0.15, -0.1) is 0 Å². The van der Waals surface area contributed by atoms with Crippen molar-refractivity contribution in [1.82, 2.24) is 19.5 Å². The van der Waals surface area contributed by atoms with Gasteiger partial charge in [0.2, 0.25) is 5.82 Å². The standard InChI is InChI=1S/C16H16F3N5O3S/c1-15(2,3)28(4,26)23-13(25)10-8-24-6-5-9(7-11(24)20-10)12-21-14(27-22-12)16(17,18)19/h5-8H,1-4H3. The third kappa shape index (κ3) is 3.77. The van der Waals surface area contributed by atoms with E-state index < -0.39 is 32.5 Å². The van der Waals surface area contributed by atoms with E-state index in [9.17, 15) is 22.2 Å². The number of carbonyl (C=O) groups is 1. The van der Waals surface area contributed by atoms with E-state index in [1.807, 2.05) is 0 Å². The van der Waals surface area contributed by atoms with Crippen molar-refractivity contribution in [3.8, 4) is 11.4 Å².